The van der Waals surface area contributed by atoms with Gasteiger partial charge in [-0.05, 0) is 43.7 Å². The van der Waals surface area contributed by atoms with E-state index >= 15 is 0 Å². The molecule has 0 spiro atoms. The summed E-state index contributed by atoms with van der Waals surface area (Å²) < 4.78 is 0. The molecule has 0 aromatic carbocycles. The van der Waals surface area contributed by atoms with Crippen molar-refractivity contribution in [2.75, 3.05) is 26.2 Å². The van der Waals surface area contributed by atoms with Crippen molar-refractivity contribution in [3.63, 3.8) is 0 Å². The average Bonchev–Trinajstić information content (AvgIpc) is 3.09. The molecule has 5 heteroatoms. The minimum atomic E-state index is -0.0561. The van der Waals surface area contributed by atoms with Crippen molar-refractivity contribution < 1.29 is 9.59 Å². The molecule has 2 aliphatic heterocycles. The van der Waals surface area contributed by atoms with Crippen LogP contribution in [0, 0.1) is 5.92 Å². The Balaban J connectivity index is 1.73. The van der Waals surface area contributed by atoms with Gasteiger partial charge in [0.2, 0.25) is 0 Å². The lowest BCUT2D eigenvalue weighted by Gasteiger charge is -2.30. The Labute approximate surface area is 131 Å². The van der Waals surface area contributed by atoms with Gasteiger partial charge in [-0.15, -0.1) is 0 Å². The number of aromatic nitrogens is 1. The number of piperidine rings is 1. The largest absolute Gasteiger partial charge is 0.339 e. The molecular formula is C17H23N3O2. The van der Waals surface area contributed by atoms with E-state index in [1.165, 1.54) is 0 Å². The number of carbonyl (C=O) groups is 2. The van der Waals surface area contributed by atoms with Crippen molar-refractivity contribution in [2.45, 2.75) is 32.6 Å². The molecule has 0 N–H and O–H groups in total. The quantitative estimate of drug-likeness (QED) is 0.841. The van der Waals surface area contributed by atoms with Gasteiger partial charge >= 0.3 is 0 Å². The highest BCUT2D eigenvalue weighted by molar-refractivity contribution is 5.98. The van der Waals surface area contributed by atoms with Crippen LogP contribution < -0.4 is 0 Å². The van der Waals surface area contributed by atoms with Crippen LogP contribution in [0.25, 0.3) is 0 Å². The normalized spacial score (nSPS) is 19.5. The summed E-state index contributed by atoms with van der Waals surface area (Å²) in [5, 5.41) is 0. The number of hydrogen-bond acceptors (Lipinski definition) is 3. The van der Waals surface area contributed by atoms with Crippen LogP contribution in [-0.4, -0.2) is 52.8 Å². The second-order valence-electron chi connectivity index (χ2n) is 6.40. The van der Waals surface area contributed by atoms with Crippen LogP contribution in [-0.2, 0) is 0 Å². The Morgan fingerprint density at radius 3 is 2.36 bits per heavy atom. The van der Waals surface area contributed by atoms with E-state index < -0.39 is 0 Å². The third-order valence-electron chi connectivity index (χ3n) is 4.69. The van der Waals surface area contributed by atoms with Gasteiger partial charge in [-0.3, -0.25) is 14.6 Å². The first-order valence-electron chi connectivity index (χ1n) is 8.20. The molecule has 2 saturated heterocycles. The maximum atomic E-state index is 12.6. The van der Waals surface area contributed by atoms with E-state index in [9.17, 15) is 9.59 Å². The van der Waals surface area contributed by atoms with Gasteiger partial charge in [0.15, 0.2) is 0 Å². The van der Waals surface area contributed by atoms with Gasteiger partial charge in [-0.1, -0.05) is 6.92 Å². The molecule has 3 rings (SSSR count). The Hall–Kier alpha value is -1.91. The van der Waals surface area contributed by atoms with Gasteiger partial charge in [-0.25, -0.2) is 0 Å². The van der Waals surface area contributed by atoms with Crippen LogP contribution in [0.3, 0.4) is 0 Å². The number of carbonyl (C=O) groups excluding carboxylic acids is 2. The fourth-order valence-electron chi connectivity index (χ4n) is 3.16. The maximum Gasteiger partial charge on any atom is 0.272 e. The monoisotopic (exact) mass is 301 g/mol. The van der Waals surface area contributed by atoms with Gasteiger partial charge in [-0.2, -0.15) is 0 Å². The number of hydrogen-bond donors (Lipinski definition) is 0. The standard InChI is InChI=1S/C17H23N3O2/c1-13-5-10-20(11-6-13)16(21)14-4-7-18-15(12-14)17(22)19-8-2-3-9-19/h4,7,12-13H,2-3,5-6,8-11H2,1H3. The molecule has 0 radical (unpaired) electrons. The first kappa shape index (κ1) is 15.0. The molecular weight excluding hydrogens is 278 g/mol. The van der Waals surface area contributed by atoms with Crippen LogP contribution in [0.15, 0.2) is 18.3 Å². The van der Waals surface area contributed by atoms with Crippen molar-refractivity contribution >= 4 is 11.8 Å². The molecule has 5 nitrogen and oxygen atoms in total. The van der Waals surface area contributed by atoms with Crippen LogP contribution >= 0.6 is 0 Å². The first-order valence-corrected chi connectivity index (χ1v) is 8.20. The molecule has 3 heterocycles. The van der Waals surface area contributed by atoms with Crippen LogP contribution in [0.5, 0.6) is 0 Å². The van der Waals surface area contributed by atoms with E-state index in [4.69, 9.17) is 0 Å². The number of nitrogens with zero attached hydrogens (tertiary/aromatic N) is 3. The molecule has 118 valence electrons. The summed E-state index contributed by atoms with van der Waals surface area (Å²) in [6.07, 6.45) is 5.78. The molecule has 22 heavy (non-hydrogen) atoms. The Morgan fingerprint density at radius 1 is 1.05 bits per heavy atom. The number of pyridine rings is 1. The predicted molar refractivity (Wildman–Crippen MR) is 83.7 cm³/mol. The van der Waals surface area contributed by atoms with Gasteiger partial charge in [0.1, 0.15) is 5.69 Å². The zero-order valence-corrected chi connectivity index (χ0v) is 13.1. The minimum Gasteiger partial charge on any atom is -0.339 e. The van der Waals surface area contributed by atoms with E-state index in [2.05, 4.69) is 11.9 Å². The molecule has 0 bridgehead atoms. The molecule has 2 aliphatic rings. The highest BCUT2D eigenvalue weighted by atomic mass is 16.2. The summed E-state index contributed by atoms with van der Waals surface area (Å²) in [5.74, 6) is 0.651. The summed E-state index contributed by atoms with van der Waals surface area (Å²) >= 11 is 0. The van der Waals surface area contributed by atoms with Gasteiger partial charge in [0.25, 0.3) is 11.8 Å². The lowest BCUT2D eigenvalue weighted by molar-refractivity contribution is 0.0697. The van der Waals surface area contributed by atoms with Crippen LogP contribution in [0.1, 0.15) is 53.5 Å². The van der Waals surface area contributed by atoms with Crippen molar-refractivity contribution in [3.8, 4) is 0 Å². The van der Waals surface area contributed by atoms with E-state index in [-0.39, 0.29) is 11.8 Å². The lowest BCUT2D eigenvalue weighted by atomic mass is 9.98. The van der Waals surface area contributed by atoms with Gasteiger partial charge in [0, 0.05) is 37.9 Å². The van der Waals surface area contributed by atoms with Crippen molar-refractivity contribution in [3.05, 3.63) is 29.6 Å². The summed E-state index contributed by atoms with van der Waals surface area (Å²) in [4.78, 5) is 32.8. The minimum absolute atomic E-state index is 0.0183. The second-order valence-corrected chi connectivity index (χ2v) is 6.40. The molecule has 1 aromatic heterocycles. The Kier molecular flexibility index (Phi) is 4.41. The molecule has 1 aromatic rings. The smallest absolute Gasteiger partial charge is 0.272 e. The van der Waals surface area contributed by atoms with Gasteiger partial charge < -0.3 is 9.80 Å². The van der Waals surface area contributed by atoms with E-state index in [0.717, 1.165) is 51.9 Å². The number of amides is 2. The van der Waals surface area contributed by atoms with E-state index in [1.807, 2.05) is 9.80 Å². The second kappa shape index (κ2) is 6.46. The summed E-state index contributed by atoms with van der Waals surface area (Å²) in [6, 6.07) is 3.36. The molecule has 2 fully saturated rings. The highest BCUT2D eigenvalue weighted by Gasteiger charge is 2.24. The van der Waals surface area contributed by atoms with E-state index in [0.29, 0.717) is 17.2 Å². The Morgan fingerprint density at radius 2 is 1.68 bits per heavy atom. The molecule has 0 unspecified atom stereocenters. The van der Waals surface area contributed by atoms with Gasteiger partial charge in [0.05, 0.1) is 0 Å². The topological polar surface area (TPSA) is 53.5 Å². The Bertz CT molecular complexity index is 559. The maximum absolute atomic E-state index is 12.6. The fourth-order valence-corrected chi connectivity index (χ4v) is 3.16. The average molecular weight is 301 g/mol. The molecule has 2 amide bonds. The zero-order valence-electron chi connectivity index (χ0n) is 13.1. The summed E-state index contributed by atoms with van der Waals surface area (Å²) in [6.45, 7) is 5.42. The fraction of sp³-hybridized carbons (Fsp3) is 0.588. The van der Waals surface area contributed by atoms with Crippen molar-refractivity contribution in [2.24, 2.45) is 5.92 Å². The number of rotatable bonds is 2. The summed E-state index contributed by atoms with van der Waals surface area (Å²) in [7, 11) is 0. The van der Waals surface area contributed by atoms with Crippen molar-refractivity contribution in [1.82, 2.24) is 14.8 Å². The predicted octanol–water partition coefficient (Wildman–Crippen LogP) is 2.19. The van der Waals surface area contributed by atoms with E-state index in [1.54, 1.807) is 18.3 Å². The lowest BCUT2D eigenvalue weighted by Crippen LogP contribution is -2.38. The van der Waals surface area contributed by atoms with Crippen LogP contribution in [0.2, 0.25) is 0 Å². The SMILES string of the molecule is CC1CCN(C(=O)c2ccnc(C(=O)N3CCCC3)c2)CC1. The summed E-state index contributed by atoms with van der Waals surface area (Å²) in [5.41, 5.74) is 0.963. The molecule has 0 saturated carbocycles. The first-order chi connectivity index (χ1) is 10.6. The van der Waals surface area contributed by atoms with Crippen molar-refractivity contribution in [1.29, 1.82) is 0 Å². The highest BCUT2D eigenvalue weighted by Crippen LogP contribution is 2.19. The third-order valence-corrected chi connectivity index (χ3v) is 4.69. The third kappa shape index (κ3) is 3.13. The molecule has 0 atom stereocenters. The molecule has 0 aliphatic carbocycles. The number of likely N-dealkylation sites (tertiary alicyclic amines) is 2. The van der Waals surface area contributed by atoms with Crippen LogP contribution in [0.4, 0.5) is 0 Å². The zero-order chi connectivity index (χ0) is 15.5.